The zero-order valence-corrected chi connectivity index (χ0v) is 18.8. The van der Waals surface area contributed by atoms with Crippen LogP contribution in [-0.2, 0) is 22.7 Å². The topological polar surface area (TPSA) is 104 Å². The van der Waals surface area contributed by atoms with Crippen LogP contribution in [-0.4, -0.2) is 70.0 Å². The van der Waals surface area contributed by atoms with Crippen molar-refractivity contribution in [3.8, 4) is 17.0 Å². The van der Waals surface area contributed by atoms with Crippen LogP contribution in [0.4, 0.5) is 27.9 Å². The molecule has 1 fully saturated rings. The molecular weight excluding hydrogens is 487 g/mol. The number of phenols is 1. The number of aromatic nitrogens is 4. The predicted octanol–water partition coefficient (Wildman–Crippen LogP) is 2.60. The van der Waals surface area contributed by atoms with Crippen LogP contribution in [0.5, 0.6) is 5.75 Å². The minimum Gasteiger partial charge on any atom is -0.503 e. The average molecular weight is 506 g/mol. The third-order valence-corrected chi connectivity index (χ3v) is 6.81. The number of nitrogens with zero attached hydrogens (tertiary/aromatic N) is 6. The molecule has 15 heteroatoms. The summed E-state index contributed by atoms with van der Waals surface area (Å²) in [5.41, 5.74) is -2.68. The van der Waals surface area contributed by atoms with Crippen LogP contribution < -0.4 is 4.90 Å². The third-order valence-electron chi connectivity index (χ3n) is 5.50. The molecule has 4 rings (SSSR count). The fourth-order valence-electron chi connectivity index (χ4n) is 3.74. The van der Waals surface area contributed by atoms with Crippen molar-refractivity contribution in [3.63, 3.8) is 0 Å². The van der Waals surface area contributed by atoms with Crippen molar-refractivity contribution < 1.29 is 35.5 Å². The van der Waals surface area contributed by atoms with Crippen LogP contribution in [0.2, 0.25) is 0 Å². The molecule has 184 valence electrons. The molecule has 0 bridgehead atoms. The number of hydrogen-bond acceptors (Lipinski definition) is 7. The molecule has 0 saturated carbocycles. The van der Waals surface area contributed by atoms with E-state index in [2.05, 4.69) is 15.1 Å². The average Bonchev–Trinajstić information content (AvgIpc) is 3.14. The summed E-state index contributed by atoms with van der Waals surface area (Å²) in [6, 6.07) is 0.254. The quantitative estimate of drug-likeness (QED) is 0.543. The Bertz CT molecular complexity index is 1370. The zero-order chi connectivity index (χ0) is 25.0. The molecule has 0 radical (unpaired) electrons. The SMILES string of the molecule is CCn1nc(-c2cc(C(F)(F)F)c(F)c(O)c2F)c2cnc(N3CCN(S(C)(=O)=O)CC3)nc21. The van der Waals surface area contributed by atoms with Crippen molar-refractivity contribution >= 4 is 27.0 Å². The van der Waals surface area contributed by atoms with Gasteiger partial charge in [-0.2, -0.15) is 27.6 Å². The molecule has 0 atom stereocenters. The fraction of sp³-hybridized carbons (Fsp3) is 0.421. The minimum absolute atomic E-state index is 0.0957. The lowest BCUT2D eigenvalue weighted by Gasteiger charge is -2.33. The molecule has 0 unspecified atom stereocenters. The number of piperazine rings is 1. The summed E-state index contributed by atoms with van der Waals surface area (Å²) in [5.74, 6) is -5.22. The van der Waals surface area contributed by atoms with Crippen LogP contribution in [0.1, 0.15) is 12.5 Å². The summed E-state index contributed by atoms with van der Waals surface area (Å²) in [5, 5.41) is 13.9. The number of anilines is 1. The van der Waals surface area contributed by atoms with Crippen LogP contribution in [0, 0.1) is 11.6 Å². The summed E-state index contributed by atoms with van der Waals surface area (Å²) in [6.07, 6.45) is -2.81. The van der Waals surface area contributed by atoms with Gasteiger partial charge in [0.05, 0.1) is 17.2 Å². The summed E-state index contributed by atoms with van der Waals surface area (Å²) in [6.45, 7) is 2.96. The van der Waals surface area contributed by atoms with E-state index in [9.17, 15) is 35.5 Å². The van der Waals surface area contributed by atoms with Crippen molar-refractivity contribution in [2.45, 2.75) is 19.6 Å². The highest BCUT2D eigenvalue weighted by atomic mass is 32.2. The molecule has 0 aliphatic carbocycles. The van der Waals surface area contributed by atoms with Crippen molar-refractivity contribution in [3.05, 3.63) is 29.5 Å². The van der Waals surface area contributed by atoms with Gasteiger partial charge < -0.3 is 10.0 Å². The predicted molar refractivity (Wildman–Crippen MR) is 112 cm³/mol. The van der Waals surface area contributed by atoms with Gasteiger partial charge in [-0.25, -0.2) is 26.9 Å². The van der Waals surface area contributed by atoms with Crippen molar-refractivity contribution in [1.82, 2.24) is 24.1 Å². The number of fused-ring (bicyclic) bond motifs is 1. The van der Waals surface area contributed by atoms with Gasteiger partial charge in [0.2, 0.25) is 16.0 Å². The Kier molecular flexibility index (Phi) is 5.88. The first-order chi connectivity index (χ1) is 15.8. The van der Waals surface area contributed by atoms with E-state index in [0.717, 1.165) is 6.26 Å². The minimum atomic E-state index is -5.18. The van der Waals surface area contributed by atoms with Crippen molar-refractivity contribution in [1.29, 1.82) is 0 Å². The van der Waals surface area contributed by atoms with E-state index in [4.69, 9.17) is 0 Å². The zero-order valence-electron chi connectivity index (χ0n) is 17.9. The highest BCUT2D eigenvalue weighted by Crippen LogP contribution is 2.41. The van der Waals surface area contributed by atoms with Gasteiger partial charge >= 0.3 is 6.18 Å². The van der Waals surface area contributed by atoms with E-state index >= 15 is 0 Å². The number of benzene rings is 1. The number of alkyl halides is 3. The number of aromatic hydroxyl groups is 1. The molecule has 0 amide bonds. The maximum Gasteiger partial charge on any atom is 0.419 e. The van der Waals surface area contributed by atoms with Gasteiger partial charge in [-0.15, -0.1) is 0 Å². The molecule has 1 aliphatic heterocycles. The van der Waals surface area contributed by atoms with E-state index in [-0.39, 0.29) is 48.4 Å². The van der Waals surface area contributed by atoms with Crippen molar-refractivity contribution in [2.75, 3.05) is 37.3 Å². The van der Waals surface area contributed by atoms with E-state index in [1.807, 2.05) is 0 Å². The molecule has 0 spiro atoms. The van der Waals surface area contributed by atoms with Gasteiger partial charge in [0.1, 0.15) is 5.69 Å². The Balaban J connectivity index is 1.79. The lowest BCUT2D eigenvalue weighted by Crippen LogP contribution is -2.48. The molecule has 1 saturated heterocycles. The monoisotopic (exact) mass is 506 g/mol. The summed E-state index contributed by atoms with van der Waals surface area (Å²) < 4.78 is 94.3. The van der Waals surface area contributed by atoms with Gasteiger partial charge in [0, 0.05) is 44.5 Å². The summed E-state index contributed by atoms with van der Waals surface area (Å²) >= 11 is 0. The van der Waals surface area contributed by atoms with Gasteiger partial charge in [0.25, 0.3) is 0 Å². The highest BCUT2D eigenvalue weighted by Gasteiger charge is 2.38. The maximum absolute atomic E-state index is 14.7. The second kappa shape index (κ2) is 8.30. The van der Waals surface area contributed by atoms with Crippen molar-refractivity contribution in [2.24, 2.45) is 0 Å². The standard InChI is InChI=1S/C19H19F5N6O3S/c1-3-30-17-11(9-25-18(26-17)28-4-6-29(7-5-28)34(2,32)33)15(27-30)10-8-12(19(22,23)24)14(21)16(31)13(10)20/h8-9,31H,3-7H2,1-2H3. The number of sulfonamides is 1. The normalized spacial score (nSPS) is 15.9. The molecule has 3 heterocycles. The van der Waals surface area contributed by atoms with Gasteiger partial charge in [-0.05, 0) is 13.0 Å². The van der Waals surface area contributed by atoms with Crippen LogP contribution in [0.25, 0.3) is 22.3 Å². The van der Waals surface area contributed by atoms with Gasteiger partial charge in [-0.1, -0.05) is 0 Å². The van der Waals surface area contributed by atoms with E-state index < -0.39 is 44.7 Å². The number of phenolic OH excluding ortho intramolecular Hbond substituents is 1. The molecule has 3 aromatic rings. The first kappa shape index (κ1) is 24.1. The second-order valence-electron chi connectivity index (χ2n) is 7.67. The summed E-state index contributed by atoms with van der Waals surface area (Å²) in [7, 11) is -3.34. The lowest BCUT2D eigenvalue weighted by molar-refractivity contribution is -0.140. The Morgan fingerprint density at radius 3 is 2.32 bits per heavy atom. The molecule has 9 nitrogen and oxygen atoms in total. The van der Waals surface area contributed by atoms with Crippen LogP contribution in [0.3, 0.4) is 0 Å². The number of rotatable bonds is 4. The molecule has 1 aliphatic rings. The van der Waals surface area contributed by atoms with Gasteiger partial charge in [-0.3, -0.25) is 0 Å². The molecule has 1 aromatic carbocycles. The fourth-order valence-corrected chi connectivity index (χ4v) is 4.57. The first-order valence-electron chi connectivity index (χ1n) is 10.0. The smallest absolute Gasteiger partial charge is 0.419 e. The molecular formula is C19H19F5N6O3S. The Hall–Kier alpha value is -3.07. The largest absolute Gasteiger partial charge is 0.503 e. The number of halogens is 5. The van der Waals surface area contributed by atoms with E-state index in [1.165, 1.54) is 15.2 Å². The van der Waals surface area contributed by atoms with Crippen LogP contribution >= 0.6 is 0 Å². The Morgan fingerprint density at radius 1 is 1.12 bits per heavy atom. The molecule has 34 heavy (non-hydrogen) atoms. The molecule has 1 N–H and O–H groups in total. The number of aryl methyl sites for hydroxylation is 1. The lowest BCUT2D eigenvalue weighted by atomic mass is 10.0. The highest BCUT2D eigenvalue weighted by molar-refractivity contribution is 7.88. The van der Waals surface area contributed by atoms with E-state index in [0.29, 0.717) is 13.1 Å². The maximum atomic E-state index is 14.7. The van der Waals surface area contributed by atoms with Gasteiger partial charge in [0.15, 0.2) is 23.0 Å². The Labute approximate surface area is 190 Å². The van der Waals surface area contributed by atoms with Crippen LogP contribution in [0.15, 0.2) is 12.3 Å². The third kappa shape index (κ3) is 4.13. The number of hydrogen-bond donors (Lipinski definition) is 1. The Morgan fingerprint density at radius 2 is 1.76 bits per heavy atom. The first-order valence-corrected chi connectivity index (χ1v) is 11.9. The van der Waals surface area contributed by atoms with E-state index in [1.54, 1.807) is 11.8 Å². The molecule has 2 aromatic heterocycles. The summed E-state index contributed by atoms with van der Waals surface area (Å²) in [4.78, 5) is 10.4. The second-order valence-corrected chi connectivity index (χ2v) is 9.65.